The van der Waals surface area contributed by atoms with Gasteiger partial charge >= 0.3 is 0 Å². The Kier molecular flexibility index (Phi) is 3.95. The molecule has 0 aromatic rings. The second kappa shape index (κ2) is 4.82. The van der Waals surface area contributed by atoms with E-state index in [1.54, 1.807) is 6.92 Å². The Labute approximate surface area is 92.4 Å². The Bertz CT molecular complexity index is 264. The Morgan fingerprint density at radius 2 is 2.27 bits per heavy atom. The van der Waals surface area contributed by atoms with Gasteiger partial charge in [-0.25, -0.2) is 0 Å². The molecular weight excluding hydrogens is 188 g/mol. The van der Waals surface area contributed by atoms with Crippen molar-refractivity contribution >= 4 is 5.78 Å². The minimum absolute atomic E-state index is 0.246. The van der Waals surface area contributed by atoms with Crippen LogP contribution in [-0.2, 0) is 4.79 Å². The summed E-state index contributed by atoms with van der Waals surface area (Å²) in [7, 11) is 0. The third kappa shape index (κ3) is 3.69. The smallest absolute Gasteiger partial charge is 0.129 e. The third-order valence-electron chi connectivity index (χ3n) is 3.42. The lowest BCUT2D eigenvalue weighted by atomic mass is 9.69. The first-order valence-corrected chi connectivity index (χ1v) is 5.77. The second-order valence-corrected chi connectivity index (χ2v) is 5.51. The average Bonchev–Trinajstić information content (AvgIpc) is 2.13. The van der Waals surface area contributed by atoms with Gasteiger partial charge < -0.3 is 9.90 Å². The molecule has 2 nitrogen and oxygen atoms in total. The van der Waals surface area contributed by atoms with Crippen molar-refractivity contribution in [3.63, 3.8) is 0 Å². The van der Waals surface area contributed by atoms with E-state index in [0.717, 1.165) is 31.3 Å². The van der Waals surface area contributed by atoms with Crippen molar-refractivity contribution in [3.05, 3.63) is 11.8 Å². The molecule has 0 saturated heterocycles. The molecule has 0 amide bonds. The lowest BCUT2D eigenvalue weighted by Gasteiger charge is -2.36. The molecule has 1 N–H and O–H groups in total. The molecule has 0 aromatic carbocycles. The standard InChI is InChI=1S/C13H22O2/c1-10(15)4-5-11-8-13(2,3)7-6-12(11)9-14/h9,11,14H,4-8H2,1-3H3/b12-9+. The van der Waals surface area contributed by atoms with Gasteiger partial charge in [0.05, 0.1) is 6.26 Å². The number of hydrogen-bond acceptors (Lipinski definition) is 2. The van der Waals surface area contributed by atoms with E-state index in [-0.39, 0.29) is 5.78 Å². The molecule has 0 bridgehead atoms. The van der Waals surface area contributed by atoms with Gasteiger partial charge in [-0.15, -0.1) is 0 Å². The van der Waals surface area contributed by atoms with E-state index in [1.165, 1.54) is 6.26 Å². The van der Waals surface area contributed by atoms with Gasteiger partial charge in [0, 0.05) is 6.42 Å². The van der Waals surface area contributed by atoms with Gasteiger partial charge in [0.1, 0.15) is 5.78 Å². The number of allylic oxidation sites excluding steroid dienone is 1. The molecule has 1 atom stereocenters. The van der Waals surface area contributed by atoms with Crippen LogP contribution in [-0.4, -0.2) is 10.9 Å². The van der Waals surface area contributed by atoms with Crippen LogP contribution in [0.5, 0.6) is 0 Å². The highest BCUT2D eigenvalue weighted by molar-refractivity contribution is 5.75. The minimum atomic E-state index is 0.246. The van der Waals surface area contributed by atoms with Gasteiger partial charge in [0.2, 0.25) is 0 Å². The van der Waals surface area contributed by atoms with E-state index in [2.05, 4.69) is 13.8 Å². The zero-order valence-corrected chi connectivity index (χ0v) is 10.0. The maximum absolute atomic E-state index is 11.0. The van der Waals surface area contributed by atoms with Gasteiger partial charge in [-0.2, -0.15) is 0 Å². The van der Waals surface area contributed by atoms with Gasteiger partial charge in [-0.1, -0.05) is 13.8 Å². The highest BCUT2D eigenvalue weighted by Gasteiger charge is 2.31. The van der Waals surface area contributed by atoms with Crippen molar-refractivity contribution in [1.29, 1.82) is 0 Å². The molecule has 1 unspecified atom stereocenters. The molecule has 15 heavy (non-hydrogen) atoms. The summed E-state index contributed by atoms with van der Waals surface area (Å²) in [5, 5.41) is 9.15. The number of aliphatic hydroxyl groups is 1. The number of rotatable bonds is 3. The summed E-state index contributed by atoms with van der Waals surface area (Å²) in [4.78, 5) is 11.0. The highest BCUT2D eigenvalue weighted by atomic mass is 16.2. The Morgan fingerprint density at radius 3 is 2.80 bits per heavy atom. The molecule has 2 heteroatoms. The van der Waals surface area contributed by atoms with E-state index in [0.29, 0.717) is 17.8 Å². The largest absolute Gasteiger partial charge is 0.516 e. The Morgan fingerprint density at radius 1 is 1.60 bits per heavy atom. The predicted octanol–water partition coefficient (Wildman–Crippen LogP) is 3.62. The van der Waals surface area contributed by atoms with E-state index in [1.807, 2.05) is 0 Å². The van der Waals surface area contributed by atoms with Gasteiger partial charge in [0.15, 0.2) is 0 Å². The molecular formula is C13H22O2. The molecule has 1 aliphatic rings. The molecule has 1 aliphatic carbocycles. The molecule has 0 aliphatic heterocycles. The summed E-state index contributed by atoms with van der Waals surface area (Å²) >= 11 is 0. The quantitative estimate of drug-likeness (QED) is 0.722. The van der Waals surface area contributed by atoms with Crippen LogP contribution in [0.2, 0.25) is 0 Å². The second-order valence-electron chi connectivity index (χ2n) is 5.51. The highest BCUT2D eigenvalue weighted by Crippen LogP contribution is 2.43. The normalized spacial score (nSPS) is 27.9. The summed E-state index contributed by atoms with van der Waals surface area (Å²) in [6.45, 7) is 6.17. The fourth-order valence-electron chi connectivity index (χ4n) is 2.42. The van der Waals surface area contributed by atoms with E-state index in [9.17, 15) is 4.79 Å². The summed E-state index contributed by atoms with van der Waals surface area (Å²) in [6.07, 6.45) is 6.00. The first kappa shape index (κ1) is 12.3. The number of Topliss-reactive ketones (excluding diaryl/α,β-unsaturated/α-hetero) is 1. The summed E-state index contributed by atoms with van der Waals surface area (Å²) in [6, 6.07) is 0. The summed E-state index contributed by atoms with van der Waals surface area (Å²) in [5.74, 6) is 0.651. The Hall–Kier alpha value is -0.790. The van der Waals surface area contributed by atoms with Crippen molar-refractivity contribution in [2.45, 2.75) is 52.9 Å². The Balaban J connectivity index is 2.60. The molecule has 1 saturated carbocycles. The van der Waals surface area contributed by atoms with Crippen LogP contribution in [0.15, 0.2) is 11.8 Å². The molecule has 86 valence electrons. The van der Waals surface area contributed by atoms with E-state index >= 15 is 0 Å². The maximum Gasteiger partial charge on any atom is 0.129 e. The lowest BCUT2D eigenvalue weighted by molar-refractivity contribution is -0.117. The van der Waals surface area contributed by atoms with Crippen LogP contribution in [0.3, 0.4) is 0 Å². The van der Waals surface area contributed by atoms with Crippen LogP contribution in [0, 0.1) is 11.3 Å². The van der Waals surface area contributed by atoms with Gasteiger partial charge in [0.25, 0.3) is 0 Å². The van der Waals surface area contributed by atoms with Crippen LogP contribution in [0.1, 0.15) is 52.9 Å². The van der Waals surface area contributed by atoms with Gasteiger partial charge in [-0.05, 0) is 49.5 Å². The molecule has 0 heterocycles. The molecule has 0 spiro atoms. The van der Waals surface area contributed by atoms with Gasteiger partial charge in [-0.3, -0.25) is 0 Å². The number of carbonyl (C=O) groups is 1. The van der Waals surface area contributed by atoms with E-state index < -0.39 is 0 Å². The molecule has 1 rings (SSSR count). The van der Waals surface area contributed by atoms with E-state index in [4.69, 9.17) is 5.11 Å². The fraction of sp³-hybridized carbons (Fsp3) is 0.769. The summed E-state index contributed by atoms with van der Waals surface area (Å²) in [5.41, 5.74) is 1.49. The lowest BCUT2D eigenvalue weighted by Crippen LogP contribution is -2.25. The summed E-state index contributed by atoms with van der Waals surface area (Å²) < 4.78 is 0. The minimum Gasteiger partial charge on any atom is -0.516 e. The number of ketones is 1. The molecule has 1 fully saturated rings. The number of hydrogen-bond donors (Lipinski definition) is 1. The van der Waals surface area contributed by atoms with Crippen LogP contribution < -0.4 is 0 Å². The first-order chi connectivity index (χ1) is 6.94. The zero-order valence-electron chi connectivity index (χ0n) is 10.0. The van der Waals surface area contributed by atoms with Crippen LogP contribution in [0.25, 0.3) is 0 Å². The fourth-order valence-corrected chi connectivity index (χ4v) is 2.42. The topological polar surface area (TPSA) is 37.3 Å². The average molecular weight is 210 g/mol. The monoisotopic (exact) mass is 210 g/mol. The van der Waals surface area contributed by atoms with Crippen molar-refractivity contribution in [2.75, 3.05) is 0 Å². The van der Waals surface area contributed by atoms with Crippen molar-refractivity contribution in [3.8, 4) is 0 Å². The SMILES string of the molecule is CC(=O)CCC1CC(C)(C)CC/C1=C\O. The van der Waals surface area contributed by atoms with Crippen LogP contribution in [0.4, 0.5) is 0 Å². The predicted molar refractivity (Wildman–Crippen MR) is 61.7 cm³/mol. The number of carbonyl (C=O) groups excluding carboxylic acids is 1. The maximum atomic E-state index is 11.0. The number of aliphatic hydroxyl groups excluding tert-OH is 1. The molecule has 0 radical (unpaired) electrons. The van der Waals surface area contributed by atoms with Crippen LogP contribution >= 0.6 is 0 Å². The van der Waals surface area contributed by atoms with Crippen molar-refractivity contribution in [1.82, 2.24) is 0 Å². The van der Waals surface area contributed by atoms with Crippen molar-refractivity contribution in [2.24, 2.45) is 11.3 Å². The van der Waals surface area contributed by atoms with Crippen molar-refractivity contribution < 1.29 is 9.90 Å². The third-order valence-corrected chi connectivity index (χ3v) is 3.42. The zero-order chi connectivity index (χ0) is 11.5. The molecule has 0 aromatic heterocycles. The first-order valence-electron chi connectivity index (χ1n) is 5.77.